The van der Waals surface area contributed by atoms with Gasteiger partial charge in [0.2, 0.25) is 0 Å². The molecule has 2 saturated heterocycles. The second-order valence-corrected chi connectivity index (χ2v) is 8.21. The van der Waals surface area contributed by atoms with Gasteiger partial charge in [0.05, 0.1) is 6.61 Å². The van der Waals surface area contributed by atoms with E-state index in [9.17, 15) is 0 Å². The molecule has 158 valence electrons. The molecule has 1 unspecified atom stereocenters. The lowest BCUT2D eigenvalue weighted by molar-refractivity contribution is 0.109. The smallest absolute Gasteiger partial charge is 0.0589 e. The van der Waals surface area contributed by atoms with Crippen LogP contribution in [0.25, 0.3) is 0 Å². The largest absolute Gasteiger partial charge is 0.383 e. The number of rotatable bonds is 7. The van der Waals surface area contributed by atoms with Crippen molar-refractivity contribution in [1.29, 1.82) is 0 Å². The van der Waals surface area contributed by atoms with Crippen LogP contribution in [0, 0.1) is 17.3 Å². The van der Waals surface area contributed by atoms with Gasteiger partial charge in [-0.1, -0.05) is 48.0 Å². The monoisotopic (exact) mass is 371 g/mol. The number of piperazine rings is 1. The Balaban J connectivity index is 0.000000458. The zero-order valence-electron chi connectivity index (χ0n) is 19.0. The number of piperidine rings is 1. The Morgan fingerprint density at radius 1 is 1.04 bits per heavy atom. The van der Waals surface area contributed by atoms with E-state index in [1.165, 1.54) is 51.9 Å². The van der Waals surface area contributed by atoms with Crippen molar-refractivity contribution in [2.24, 2.45) is 17.3 Å². The highest BCUT2D eigenvalue weighted by Crippen LogP contribution is 2.41. The van der Waals surface area contributed by atoms with Crippen molar-refractivity contribution < 1.29 is 4.74 Å². The zero-order chi connectivity index (χ0) is 19.8. The molecule has 0 aromatic heterocycles. The van der Waals surface area contributed by atoms with E-state index in [-0.39, 0.29) is 0 Å². The molecule has 2 heterocycles. The van der Waals surface area contributed by atoms with Gasteiger partial charge in [0.1, 0.15) is 0 Å². The van der Waals surface area contributed by atoms with E-state index in [2.05, 4.69) is 43.2 Å². The fraction of sp³-hybridized carbons (Fsp3) is 1.00. The number of nitrogens with zero attached hydrogens (tertiary/aromatic N) is 1. The Bertz CT molecular complexity index is 300. The Morgan fingerprint density at radius 3 is 2.04 bits per heavy atom. The highest BCUT2D eigenvalue weighted by Gasteiger charge is 2.33. The molecule has 0 radical (unpaired) electrons. The number of methoxy groups -OCH3 is 1. The molecule has 2 aliphatic heterocycles. The maximum atomic E-state index is 4.98. The first-order valence-electron chi connectivity index (χ1n) is 11.1. The van der Waals surface area contributed by atoms with E-state index >= 15 is 0 Å². The third-order valence-electron chi connectivity index (χ3n) is 5.83. The van der Waals surface area contributed by atoms with Gasteiger partial charge < -0.3 is 15.4 Å². The normalized spacial score (nSPS) is 21.2. The number of ether oxygens (including phenoxy) is 1. The van der Waals surface area contributed by atoms with Gasteiger partial charge in [-0.05, 0) is 49.6 Å². The van der Waals surface area contributed by atoms with E-state index in [4.69, 9.17) is 4.74 Å². The summed E-state index contributed by atoms with van der Waals surface area (Å²) in [6.45, 7) is 22.6. The average Bonchev–Trinajstić information content (AvgIpc) is 2.69. The van der Waals surface area contributed by atoms with Crippen LogP contribution in [0.5, 0.6) is 0 Å². The van der Waals surface area contributed by atoms with Gasteiger partial charge in [-0.3, -0.25) is 4.90 Å². The Labute approximate surface area is 164 Å². The van der Waals surface area contributed by atoms with Crippen molar-refractivity contribution >= 4 is 0 Å². The quantitative estimate of drug-likeness (QED) is 0.709. The van der Waals surface area contributed by atoms with Gasteiger partial charge in [-0.25, -0.2) is 0 Å². The molecule has 2 aliphatic rings. The van der Waals surface area contributed by atoms with Crippen molar-refractivity contribution in [2.45, 2.75) is 67.2 Å². The minimum absolute atomic E-state index is 0.594. The lowest BCUT2D eigenvalue weighted by Gasteiger charge is -2.41. The predicted molar refractivity (Wildman–Crippen MR) is 116 cm³/mol. The molecule has 0 aliphatic carbocycles. The number of nitrogens with one attached hydrogen (secondary N) is 2. The van der Waals surface area contributed by atoms with Gasteiger partial charge >= 0.3 is 0 Å². The van der Waals surface area contributed by atoms with Crippen molar-refractivity contribution in [3.05, 3.63) is 0 Å². The summed E-state index contributed by atoms with van der Waals surface area (Å²) < 4.78 is 4.98. The summed E-state index contributed by atoms with van der Waals surface area (Å²) in [5.74, 6) is 1.80. The molecule has 2 N–H and O–H groups in total. The molecule has 4 nitrogen and oxygen atoms in total. The summed E-state index contributed by atoms with van der Waals surface area (Å²) >= 11 is 0. The molecule has 0 aromatic rings. The van der Waals surface area contributed by atoms with Gasteiger partial charge in [-0.2, -0.15) is 0 Å². The van der Waals surface area contributed by atoms with Crippen molar-refractivity contribution in [3.63, 3.8) is 0 Å². The van der Waals surface area contributed by atoms with Crippen LogP contribution in [0.2, 0.25) is 0 Å². The van der Waals surface area contributed by atoms with Crippen molar-refractivity contribution in [1.82, 2.24) is 15.5 Å². The molecule has 1 atom stereocenters. The third-order valence-corrected chi connectivity index (χ3v) is 5.83. The summed E-state index contributed by atoms with van der Waals surface area (Å²) in [6, 6.07) is 0. The zero-order valence-corrected chi connectivity index (χ0v) is 19.0. The Kier molecular flexibility index (Phi) is 15.8. The van der Waals surface area contributed by atoms with Gasteiger partial charge in [0.15, 0.2) is 0 Å². The van der Waals surface area contributed by atoms with E-state index in [0.717, 1.165) is 38.1 Å². The molecular formula is C22H49N3O. The summed E-state index contributed by atoms with van der Waals surface area (Å²) in [5, 5.41) is 6.77. The molecule has 0 spiro atoms. The maximum Gasteiger partial charge on any atom is 0.0589 e. The summed E-state index contributed by atoms with van der Waals surface area (Å²) in [4.78, 5) is 2.42. The van der Waals surface area contributed by atoms with E-state index in [0.29, 0.717) is 5.41 Å². The number of hydrogen-bond donors (Lipinski definition) is 2. The minimum atomic E-state index is 0.594. The van der Waals surface area contributed by atoms with E-state index in [1.54, 1.807) is 7.11 Å². The SMILES string of the molecule is CC.CCC(C)(CC(C)C)C1CCNCC1.COCCN1CCNCC1. The van der Waals surface area contributed by atoms with Gasteiger partial charge in [0, 0.05) is 39.8 Å². The van der Waals surface area contributed by atoms with Crippen LogP contribution < -0.4 is 10.6 Å². The van der Waals surface area contributed by atoms with Crippen molar-refractivity contribution in [2.75, 3.05) is 59.5 Å². The molecule has 2 rings (SSSR count). The van der Waals surface area contributed by atoms with Crippen LogP contribution in [0.4, 0.5) is 0 Å². The predicted octanol–water partition coefficient (Wildman–Crippen LogP) is 4.01. The van der Waals surface area contributed by atoms with Crippen LogP contribution in [-0.4, -0.2) is 64.4 Å². The summed E-state index contributed by atoms with van der Waals surface area (Å²) in [7, 11) is 1.75. The molecule has 0 saturated carbocycles. The summed E-state index contributed by atoms with van der Waals surface area (Å²) in [6.07, 6.45) is 5.51. The van der Waals surface area contributed by atoms with Gasteiger partial charge in [-0.15, -0.1) is 0 Å². The molecule has 0 aromatic carbocycles. The fourth-order valence-electron chi connectivity index (χ4n) is 4.21. The topological polar surface area (TPSA) is 36.5 Å². The third kappa shape index (κ3) is 10.9. The molecule has 26 heavy (non-hydrogen) atoms. The standard InChI is InChI=1S/C13H27N.C7H16N2O.C2H6/c1-5-13(4,10-11(2)3)12-6-8-14-9-7-12;1-10-7-6-9-4-2-8-3-5-9;1-2/h11-12,14H,5-10H2,1-4H3;8H,2-7H2,1H3;1-2H3. The highest BCUT2D eigenvalue weighted by molar-refractivity contribution is 4.85. The average molecular weight is 372 g/mol. The minimum Gasteiger partial charge on any atom is -0.383 e. The lowest BCUT2D eigenvalue weighted by Crippen LogP contribution is -2.44. The lowest BCUT2D eigenvalue weighted by atomic mass is 9.67. The van der Waals surface area contributed by atoms with Gasteiger partial charge in [0.25, 0.3) is 0 Å². The Morgan fingerprint density at radius 2 is 1.58 bits per heavy atom. The first-order valence-corrected chi connectivity index (χ1v) is 11.1. The first-order chi connectivity index (χ1) is 12.5. The molecule has 0 bridgehead atoms. The number of hydrogen-bond acceptors (Lipinski definition) is 4. The maximum absolute atomic E-state index is 4.98. The highest BCUT2D eigenvalue weighted by atomic mass is 16.5. The second-order valence-electron chi connectivity index (χ2n) is 8.21. The van der Waals surface area contributed by atoms with Crippen LogP contribution in [0.3, 0.4) is 0 Å². The first kappa shape index (κ1) is 25.8. The Hall–Kier alpha value is -0.160. The van der Waals surface area contributed by atoms with Crippen LogP contribution in [-0.2, 0) is 4.74 Å². The molecule has 2 fully saturated rings. The second kappa shape index (κ2) is 15.9. The van der Waals surface area contributed by atoms with Crippen LogP contribution >= 0.6 is 0 Å². The molecule has 0 amide bonds. The molecular weight excluding hydrogens is 322 g/mol. The van der Waals surface area contributed by atoms with Crippen molar-refractivity contribution in [3.8, 4) is 0 Å². The van der Waals surface area contributed by atoms with Crippen LogP contribution in [0.1, 0.15) is 67.2 Å². The van der Waals surface area contributed by atoms with Crippen LogP contribution in [0.15, 0.2) is 0 Å². The van der Waals surface area contributed by atoms with E-state index in [1.807, 2.05) is 13.8 Å². The molecule has 4 heteroatoms. The van der Waals surface area contributed by atoms with E-state index < -0.39 is 0 Å². The summed E-state index contributed by atoms with van der Waals surface area (Å²) in [5.41, 5.74) is 0.594. The fourth-order valence-corrected chi connectivity index (χ4v) is 4.21.